The number of nitro groups is 1. The molecule has 4 aromatic rings. The minimum Gasteiger partial charge on any atom is -0.495 e. The van der Waals surface area contributed by atoms with E-state index in [1.807, 2.05) is 27.9 Å². The molecule has 228 valence electrons. The van der Waals surface area contributed by atoms with Crippen molar-refractivity contribution in [1.29, 1.82) is 0 Å². The molecule has 0 bridgehead atoms. The number of carbonyl (C=O) groups is 1. The summed E-state index contributed by atoms with van der Waals surface area (Å²) in [4.78, 5) is 24.5. The number of hydrogen-bond acceptors (Lipinski definition) is 9. The molecule has 43 heavy (non-hydrogen) atoms. The average Bonchev–Trinajstić information content (AvgIpc) is 3.61. The second-order valence-electron chi connectivity index (χ2n) is 9.74. The molecule has 4 rings (SSSR count). The third-order valence-electron chi connectivity index (χ3n) is 6.41. The molecule has 0 amide bonds. The molecule has 12 heteroatoms. The highest BCUT2D eigenvalue weighted by Gasteiger charge is 2.28. The molecule has 2 aromatic carbocycles. The first-order valence-corrected chi connectivity index (χ1v) is 13.5. The van der Waals surface area contributed by atoms with Crippen LogP contribution < -0.4 is 18.9 Å². The number of rotatable bonds is 11. The van der Waals surface area contributed by atoms with Crippen LogP contribution in [0.5, 0.6) is 23.0 Å². The quantitative estimate of drug-likeness (QED) is 0.0735. The topological polar surface area (TPSA) is 128 Å². The van der Waals surface area contributed by atoms with E-state index in [1.165, 1.54) is 27.4 Å². The van der Waals surface area contributed by atoms with Gasteiger partial charge in [-0.25, -0.2) is 4.68 Å². The number of ketones is 1. The molecule has 0 saturated carbocycles. The Labute approximate surface area is 250 Å². The Morgan fingerprint density at radius 3 is 2.14 bits per heavy atom. The predicted octanol–water partition coefficient (Wildman–Crippen LogP) is 5.43. The first-order chi connectivity index (χ1) is 20.6. The van der Waals surface area contributed by atoms with E-state index in [-0.39, 0.29) is 28.5 Å². The standard InChI is InChI=1S/C29H31N4O8.C2H6/c1-8-9-20-22(37-4)12-11-21-26(28(34)18-14-23(38-5)29(40-7)24(15-18)39-6)30-31(27(20)21)17-33(2,3)16-19-10-13-25(41-19)32(35)36;1-2/h10-15H,16-17H2,1-7H3;1-2H3/q+1;. The Hall–Kier alpha value is -5.02. The monoisotopic (exact) mass is 593 g/mol. The van der Waals surface area contributed by atoms with Crippen LogP contribution in [0.25, 0.3) is 10.9 Å². The van der Waals surface area contributed by atoms with Crippen molar-refractivity contribution in [2.75, 3.05) is 42.5 Å². The lowest BCUT2D eigenvalue weighted by Crippen LogP contribution is -2.40. The molecular formula is C31H37N4O8+. The van der Waals surface area contributed by atoms with E-state index in [9.17, 15) is 14.9 Å². The van der Waals surface area contributed by atoms with Crippen molar-refractivity contribution in [1.82, 2.24) is 9.78 Å². The Kier molecular flexibility index (Phi) is 10.4. The zero-order valence-corrected chi connectivity index (χ0v) is 25.9. The maximum Gasteiger partial charge on any atom is 0.433 e. The lowest BCUT2D eigenvalue weighted by atomic mass is 10.0. The Bertz CT molecular complexity index is 1670. The van der Waals surface area contributed by atoms with Crippen LogP contribution in [0.4, 0.5) is 5.88 Å². The zero-order valence-electron chi connectivity index (χ0n) is 25.9. The van der Waals surface area contributed by atoms with Gasteiger partial charge in [-0.1, -0.05) is 19.8 Å². The van der Waals surface area contributed by atoms with Crippen molar-refractivity contribution in [2.24, 2.45) is 0 Å². The van der Waals surface area contributed by atoms with Gasteiger partial charge in [-0.15, -0.1) is 5.92 Å². The fraction of sp³-hybridized carbons (Fsp3) is 0.355. The van der Waals surface area contributed by atoms with Crippen molar-refractivity contribution in [3.63, 3.8) is 0 Å². The summed E-state index contributed by atoms with van der Waals surface area (Å²) in [6.45, 7) is 6.31. The summed E-state index contributed by atoms with van der Waals surface area (Å²) in [5, 5.41) is 16.4. The average molecular weight is 594 g/mol. The van der Waals surface area contributed by atoms with E-state index < -0.39 is 4.92 Å². The summed E-state index contributed by atoms with van der Waals surface area (Å²) >= 11 is 0. The fourth-order valence-electron chi connectivity index (χ4n) is 4.68. The number of fused-ring (bicyclic) bond motifs is 1. The second kappa shape index (κ2) is 13.8. The Morgan fingerprint density at radius 2 is 1.63 bits per heavy atom. The van der Waals surface area contributed by atoms with Crippen LogP contribution in [0.2, 0.25) is 0 Å². The first-order valence-electron chi connectivity index (χ1n) is 13.5. The summed E-state index contributed by atoms with van der Waals surface area (Å²) in [6.07, 6.45) is 0. The molecule has 0 fully saturated rings. The number of methoxy groups -OCH3 is 4. The van der Waals surface area contributed by atoms with Crippen LogP contribution in [0, 0.1) is 22.0 Å². The number of quaternary nitrogens is 1. The molecule has 0 N–H and O–H groups in total. The van der Waals surface area contributed by atoms with Gasteiger partial charge in [0.05, 0.1) is 59.7 Å². The van der Waals surface area contributed by atoms with Gasteiger partial charge in [-0.2, -0.15) is 5.10 Å². The first kappa shape index (κ1) is 32.5. The largest absolute Gasteiger partial charge is 0.495 e. The summed E-state index contributed by atoms with van der Waals surface area (Å²) in [6, 6.07) is 9.59. The number of hydrogen-bond donors (Lipinski definition) is 0. The highest BCUT2D eigenvalue weighted by Crippen LogP contribution is 2.39. The van der Waals surface area contributed by atoms with Gasteiger partial charge in [-0.05, 0) is 37.3 Å². The van der Waals surface area contributed by atoms with Crippen molar-refractivity contribution in [3.8, 4) is 34.8 Å². The number of carbonyl (C=O) groups excluding carboxylic acids is 1. The minimum atomic E-state index is -0.576. The molecule has 0 unspecified atom stereocenters. The minimum absolute atomic E-state index is 0.199. The van der Waals surface area contributed by atoms with Crippen LogP contribution in [0.1, 0.15) is 48.1 Å². The van der Waals surface area contributed by atoms with Gasteiger partial charge >= 0.3 is 5.88 Å². The molecule has 0 saturated heterocycles. The number of nitrogens with zero attached hydrogens (tertiary/aromatic N) is 4. The SMILES string of the molecule is CC.CC#Cc1c(OC)ccc2c(C(=O)c3cc(OC)c(OC)c(OC)c3)nn(C[N+](C)(C)Cc3ccc([N+](=O)[O-])o3)c12. The highest BCUT2D eigenvalue weighted by atomic mass is 16.6. The van der Waals surface area contributed by atoms with Gasteiger partial charge in [0, 0.05) is 10.9 Å². The zero-order chi connectivity index (χ0) is 31.9. The smallest absolute Gasteiger partial charge is 0.433 e. The fourth-order valence-corrected chi connectivity index (χ4v) is 4.68. The molecule has 0 spiro atoms. The number of furan rings is 1. The lowest BCUT2D eigenvalue weighted by molar-refractivity contribution is -0.926. The molecule has 0 radical (unpaired) electrons. The molecule has 2 aromatic heterocycles. The maximum absolute atomic E-state index is 14.0. The van der Waals surface area contributed by atoms with Crippen molar-refractivity contribution < 1.29 is 37.6 Å². The maximum atomic E-state index is 14.0. The van der Waals surface area contributed by atoms with Crippen LogP contribution >= 0.6 is 0 Å². The van der Waals surface area contributed by atoms with Gasteiger partial charge in [0.15, 0.2) is 23.9 Å². The lowest BCUT2D eigenvalue weighted by Gasteiger charge is -2.28. The van der Waals surface area contributed by atoms with Gasteiger partial charge in [-0.3, -0.25) is 14.9 Å². The molecular weight excluding hydrogens is 556 g/mol. The molecule has 0 aliphatic rings. The normalized spacial score (nSPS) is 10.7. The summed E-state index contributed by atoms with van der Waals surface area (Å²) in [7, 11) is 9.84. The van der Waals surface area contributed by atoms with E-state index in [4.69, 9.17) is 28.5 Å². The van der Waals surface area contributed by atoms with Crippen molar-refractivity contribution >= 4 is 22.6 Å². The van der Waals surface area contributed by atoms with E-state index in [2.05, 4.69) is 11.8 Å². The van der Waals surface area contributed by atoms with Gasteiger partial charge < -0.3 is 27.8 Å². The van der Waals surface area contributed by atoms with E-state index in [1.54, 1.807) is 49.0 Å². The molecule has 12 nitrogen and oxygen atoms in total. The van der Waals surface area contributed by atoms with E-state index in [0.29, 0.717) is 57.3 Å². The third-order valence-corrected chi connectivity index (χ3v) is 6.41. The van der Waals surface area contributed by atoms with Crippen LogP contribution in [-0.2, 0) is 13.2 Å². The summed E-state index contributed by atoms with van der Waals surface area (Å²) < 4.78 is 29.3. The molecule has 0 aliphatic carbocycles. The van der Waals surface area contributed by atoms with Gasteiger partial charge in [0.2, 0.25) is 11.5 Å². The second-order valence-corrected chi connectivity index (χ2v) is 9.74. The number of ether oxygens (including phenoxy) is 4. The van der Waals surface area contributed by atoms with E-state index in [0.717, 1.165) is 0 Å². The molecule has 2 heterocycles. The van der Waals surface area contributed by atoms with Gasteiger partial charge in [0.25, 0.3) is 0 Å². The van der Waals surface area contributed by atoms with Crippen molar-refractivity contribution in [2.45, 2.75) is 34.0 Å². The van der Waals surface area contributed by atoms with Crippen molar-refractivity contribution in [3.05, 3.63) is 69.1 Å². The van der Waals surface area contributed by atoms with Gasteiger partial charge in [0.1, 0.15) is 22.9 Å². The summed E-state index contributed by atoms with van der Waals surface area (Å²) in [5.74, 6) is 7.35. The van der Waals surface area contributed by atoms with Crippen LogP contribution in [-0.4, -0.2) is 67.5 Å². The Balaban J connectivity index is 0.00000248. The Morgan fingerprint density at radius 1 is 1.00 bits per heavy atom. The number of aromatic nitrogens is 2. The molecule has 0 atom stereocenters. The predicted molar refractivity (Wildman–Crippen MR) is 161 cm³/mol. The molecule has 0 aliphatic heterocycles. The van der Waals surface area contributed by atoms with E-state index >= 15 is 0 Å². The van der Waals surface area contributed by atoms with Crippen LogP contribution in [0.15, 0.2) is 40.8 Å². The summed E-state index contributed by atoms with van der Waals surface area (Å²) in [5.41, 5.74) is 1.69. The van der Waals surface area contributed by atoms with Crippen LogP contribution in [0.3, 0.4) is 0 Å². The number of benzene rings is 2. The highest BCUT2D eigenvalue weighted by molar-refractivity contribution is 6.16. The third kappa shape index (κ3) is 6.73.